The van der Waals surface area contributed by atoms with Crippen molar-refractivity contribution in [1.29, 1.82) is 0 Å². The normalized spacial score (nSPS) is 12.7. The molecule has 1 aromatic carbocycles. The summed E-state index contributed by atoms with van der Waals surface area (Å²) in [6.07, 6.45) is 0. The van der Waals surface area contributed by atoms with Gasteiger partial charge in [-0.3, -0.25) is 5.10 Å². The first kappa shape index (κ1) is 10.9. The maximum Gasteiger partial charge on any atom is 0.353 e. The molecule has 0 unspecified atom stereocenters. The number of nitrogens with one attached hydrogen (secondary N) is 1. The maximum absolute atomic E-state index is 10.8. The van der Waals surface area contributed by atoms with Crippen molar-refractivity contribution in [2.45, 2.75) is 0 Å². The van der Waals surface area contributed by atoms with Crippen molar-refractivity contribution in [3.8, 4) is 22.8 Å². The minimum Gasteiger partial charge on any atom is -0.477 e. The predicted molar refractivity (Wildman–Crippen MR) is 62.1 cm³/mol. The molecule has 1 aliphatic rings. The quantitative estimate of drug-likeness (QED) is 0.870. The fourth-order valence-corrected chi connectivity index (χ4v) is 1.96. The molecule has 0 saturated carbocycles. The highest BCUT2D eigenvalue weighted by Crippen LogP contribution is 2.41. The highest BCUT2D eigenvalue weighted by molar-refractivity contribution is 6.32. The first-order valence-corrected chi connectivity index (χ1v) is 5.41. The number of nitrogens with zero attached hydrogens (tertiary/aromatic N) is 1. The van der Waals surface area contributed by atoms with Crippen molar-refractivity contribution in [2.75, 3.05) is 6.79 Å². The number of carboxylic acids is 1. The summed E-state index contributed by atoms with van der Waals surface area (Å²) in [5, 5.41) is 15.6. The number of aromatic amines is 1. The van der Waals surface area contributed by atoms with Crippen molar-refractivity contribution in [3.63, 3.8) is 0 Å². The fourth-order valence-electron chi connectivity index (χ4n) is 1.69. The Balaban J connectivity index is 2.06. The number of aromatic carboxylic acids is 1. The lowest BCUT2D eigenvalue weighted by Crippen LogP contribution is -1.95. The Kier molecular flexibility index (Phi) is 2.38. The van der Waals surface area contributed by atoms with Gasteiger partial charge >= 0.3 is 5.97 Å². The van der Waals surface area contributed by atoms with Gasteiger partial charge in [0.05, 0.1) is 10.7 Å². The number of aromatic nitrogens is 2. The van der Waals surface area contributed by atoms with Crippen LogP contribution in [0.4, 0.5) is 0 Å². The van der Waals surface area contributed by atoms with E-state index in [1.807, 2.05) is 0 Å². The molecule has 0 amide bonds. The summed E-state index contributed by atoms with van der Waals surface area (Å²) >= 11 is 6.03. The van der Waals surface area contributed by atoms with Crippen molar-refractivity contribution >= 4 is 17.6 Å². The van der Waals surface area contributed by atoms with E-state index in [4.69, 9.17) is 26.2 Å². The number of rotatable bonds is 2. The molecule has 0 spiro atoms. The molecular weight excluding hydrogens is 260 g/mol. The van der Waals surface area contributed by atoms with Crippen LogP contribution < -0.4 is 9.47 Å². The number of carbonyl (C=O) groups is 1. The largest absolute Gasteiger partial charge is 0.477 e. The summed E-state index contributed by atoms with van der Waals surface area (Å²) in [4.78, 5) is 10.8. The van der Waals surface area contributed by atoms with Gasteiger partial charge in [0.25, 0.3) is 0 Å². The second-order valence-electron chi connectivity index (χ2n) is 3.66. The molecule has 0 radical (unpaired) electrons. The van der Waals surface area contributed by atoms with Crippen LogP contribution in [0.25, 0.3) is 11.3 Å². The van der Waals surface area contributed by atoms with E-state index in [2.05, 4.69) is 10.2 Å². The van der Waals surface area contributed by atoms with Gasteiger partial charge in [-0.15, -0.1) is 0 Å². The van der Waals surface area contributed by atoms with E-state index in [1.54, 1.807) is 12.1 Å². The lowest BCUT2D eigenvalue weighted by atomic mass is 10.1. The van der Waals surface area contributed by atoms with Gasteiger partial charge in [0, 0.05) is 5.56 Å². The van der Waals surface area contributed by atoms with Crippen LogP contribution >= 0.6 is 11.6 Å². The second-order valence-corrected chi connectivity index (χ2v) is 4.07. The number of H-pyrrole nitrogens is 1. The minimum absolute atomic E-state index is 0.0128. The number of carboxylic acid groups (broad SMARTS) is 1. The van der Waals surface area contributed by atoms with Gasteiger partial charge < -0.3 is 14.6 Å². The third-order valence-corrected chi connectivity index (χ3v) is 2.81. The number of hydrogen-bond acceptors (Lipinski definition) is 4. The SMILES string of the molecule is O=C(O)c1cc(-c2cc(Cl)c3c(c2)OCO3)n[nH]1. The van der Waals surface area contributed by atoms with Crippen LogP contribution in [-0.4, -0.2) is 28.1 Å². The summed E-state index contributed by atoms with van der Waals surface area (Å²) in [5.74, 6) is -0.0487. The summed E-state index contributed by atoms with van der Waals surface area (Å²) in [7, 11) is 0. The van der Waals surface area contributed by atoms with Crippen LogP contribution in [0.15, 0.2) is 18.2 Å². The summed E-state index contributed by atoms with van der Waals surface area (Å²) in [5.41, 5.74) is 1.15. The summed E-state index contributed by atoms with van der Waals surface area (Å²) in [6, 6.07) is 4.78. The van der Waals surface area contributed by atoms with E-state index in [9.17, 15) is 4.79 Å². The van der Waals surface area contributed by atoms with Crippen LogP contribution in [0.3, 0.4) is 0 Å². The lowest BCUT2D eigenvalue weighted by molar-refractivity contribution is 0.0690. The van der Waals surface area contributed by atoms with Gasteiger partial charge in [-0.25, -0.2) is 4.79 Å². The van der Waals surface area contributed by atoms with Crippen molar-refractivity contribution < 1.29 is 19.4 Å². The summed E-state index contributed by atoms with van der Waals surface area (Å²) < 4.78 is 10.4. The van der Waals surface area contributed by atoms with Crippen LogP contribution in [0.1, 0.15) is 10.5 Å². The Hall–Kier alpha value is -2.21. The van der Waals surface area contributed by atoms with Crippen LogP contribution in [0.2, 0.25) is 5.02 Å². The molecule has 1 aliphatic heterocycles. The molecular formula is C11H7ClN2O4. The maximum atomic E-state index is 10.8. The average molecular weight is 267 g/mol. The van der Waals surface area contributed by atoms with E-state index in [0.29, 0.717) is 27.8 Å². The van der Waals surface area contributed by atoms with E-state index >= 15 is 0 Å². The molecule has 0 atom stereocenters. The zero-order valence-corrected chi connectivity index (χ0v) is 9.69. The Labute approximate surface area is 106 Å². The molecule has 3 rings (SSSR count). The molecule has 0 saturated heterocycles. The first-order chi connectivity index (χ1) is 8.65. The molecule has 2 N–H and O–H groups in total. The Bertz CT molecular complexity index is 638. The highest BCUT2D eigenvalue weighted by Gasteiger charge is 2.20. The van der Waals surface area contributed by atoms with Crippen molar-refractivity contribution in [2.24, 2.45) is 0 Å². The van der Waals surface area contributed by atoms with E-state index in [-0.39, 0.29) is 12.5 Å². The Morgan fingerprint density at radius 2 is 2.22 bits per heavy atom. The van der Waals surface area contributed by atoms with Gasteiger partial charge in [0.2, 0.25) is 6.79 Å². The van der Waals surface area contributed by atoms with Gasteiger partial charge in [0.1, 0.15) is 5.69 Å². The third-order valence-electron chi connectivity index (χ3n) is 2.53. The molecule has 0 fully saturated rings. The molecule has 1 aromatic heterocycles. The summed E-state index contributed by atoms with van der Waals surface area (Å²) in [6.45, 7) is 0.124. The Morgan fingerprint density at radius 3 is 2.94 bits per heavy atom. The smallest absolute Gasteiger partial charge is 0.353 e. The topological polar surface area (TPSA) is 84.4 Å². The van der Waals surface area contributed by atoms with Gasteiger partial charge in [0.15, 0.2) is 11.5 Å². The third kappa shape index (κ3) is 1.67. The van der Waals surface area contributed by atoms with Crippen LogP contribution in [-0.2, 0) is 0 Å². The second kappa shape index (κ2) is 3.92. The molecule has 2 heterocycles. The molecule has 0 bridgehead atoms. The Morgan fingerprint density at radius 1 is 1.39 bits per heavy atom. The van der Waals surface area contributed by atoms with Crippen LogP contribution in [0, 0.1) is 0 Å². The monoisotopic (exact) mass is 266 g/mol. The lowest BCUT2D eigenvalue weighted by Gasteiger charge is -2.02. The van der Waals surface area contributed by atoms with E-state index < -0.39 is 5.97 Å². The molecule has 2 aromatic rings. The van der Waals surface area contributed by atoms with Crippen LogP contribution in [0.5, 0.6) is 11.5 Å². The minimum atomic E-state index is -1.07. The average Bonchev–Trinajstić information content (AvgIpc) is 2.97. The number of halogens is 1. The number of hydrogen-bond donors (Lipinski definition) is 2. The van der Waals surface area contributed by atoms with Crippen molar-refractivity contribution in [1.82, 2.24) is 10.2 Å². The van der Waals surface area contributed by atoms with Gasteiger partial charge in [-0.1, -0.05) is 11.6 Å². The first-order valence-electron chi connectivity index (χ1n) is 5.03. The predicted octanol–water partition coefficient (Wildman–Crippen LogP) is 2.16. The zero-order valence-electron chi connectivity index (χ0n) is 8.94. The van der Waals surface area contributed by atoms with Gasteiger partial charge in [-0.2, -0.15) is 5.10 Å². The molecule has 6 nitrogen and oxygen atoms in total. The zero-order chi connectivity index (χ0) is 12.7. The molecule has 0 aliphatic carbocycles. The van der Waals surface area contributed by atoms with E-state index in [1.165, 1.54) is 6.07 Å². The van der Waals surface area contributed by atoms with E-state index in [0.717, 1.165) is 0 Å². The number of benzene rings is 1. The molecule has 92 valence electrons. The van der Waals surface area contributed by atoms with Crippen molar-refractivity contribution in [3.05, 3.63) is 28.9 Å². The molecule has 18 heavy (non-hydrogen) atoms. The van der Waals surface area contributed by atoms with Gasteiger partial charge in [-0.05, 0) is 18.2 Å². The highest BCUT2D eigenvalue weighted by atomic mass is 35.5. The number of ether oxygens (including phenoxy) is 2. The standard InChI is InChI=1S/C11H7ClN2O4/c12-6-1-5(2-9-10(6)18-4-17-9)7-3-8(11(15)16)14-13-7/h1-3H,4H2,(H,13,14)(H,15,16). The fraction of sp³-hybridized carbons (Fsp3) is 0.0909. The molecule has 7 heteroatoms. The number of fused-ring (bicyclic) bond motifs is 1.